The van der Waals surface area contributed by atoms with Crippen LogP contribution >= 0.6 is 0 Å². The first-order valence-electron chi connectivity index (χ1n) is 10.5. The number of amides is 1. The van der Waals surface area contributed by atoms with Crippen molar-refractivity contribution in [1.82, 2.24) is 35.0 Å². The summed E-state index contributed by atoms with van der Waals surface area (Å²) in [6.45, 7) is 3.79. The van der Waals surface area contributed by atoms with Crippen LogP contribution in [0.15, 0.2) is 47.4 Å². The number of carbonyl (C=O) groups is 1. The number of para-hydroxylation sites is 1. The Kier molecular flexibility index (Phi) is 5.15. The molecular formula is C22H23N7O2. The highest BCUT2D eigenvalue weighted by Crippen LogP contribution is 2.33. The number of piperidine rings is 1. The van der Waals surface area contributed by atoms with Gasteiger partial charge < -0.3 is 9.42 Å². The van der Waals surface area contributed by atoms with E-state index in [2.05, 4.69) is 25.4 Å². The van der Waals surface area contributed by atoms with Crippen molar-refractivity contribution in [2.24, 2.45) is 0 Å². The topological polar surface area (TPSA) is 103 Å². The van der Waals surface area contributed by atoms with E-state index in [1.807, 2.05) is 42.2 Å². The summed E-state index contributed by atoms with van der Waals surface area (Å²) in [7, 11) is 0. The van der Waals surface area contributed by atoms with Crippen molar-refractivity contribution in [3.8, 4) is 11.3 Å². The minimum Gasteiger partial charge on any atom is -0.356 e. The molecule has 158 valence electrons. The summed E-state index contributed by atoms with van der Waals surface area (Å²) < 4.78 is 7.24. The molecule has 0 aliphatic carbocycles. The number of aromatic nitrogens is 6. The maximum atomic E-state index is 13.0. The summed E-state index contributed by atoms with van der Waals surface area (Å²) in [6, 6.07) is 9.66. The van der Waals surface area contributed by atoms with Crippen molar-refractivity contribution >= 4 is 16.9 Å². The van der Waals surface area contributed by atoms with E-state index in [1.54, 1.807) is 17.2 Å². The van der Waals surface area contributed by atoms with Crippen molar-refractivity contribution in [2.75, 3.05) is 13.1 Å². The van der Waals surface area contributed by atoms with E-state index in [-0.39, 0.29) is 11.8 Å². The molecule has 1 saturated heterocycles. The molecule has 9 nitrogen and oxygen atoms in total. The fourth-order valence-electron chi connectivity index (χ4n) is 4.21. The number of fused-ring (bicyclic) bond motifs is 1. The lowest BCUT2D eigenvalue weighted by Gasteiger charge is -2.33. The van der Waals surface area contributed by atoms with Crippen LogP contribution in [-0.4, -0.2) is 54.0 Å². The van der Waals surface area contributed by atoms with Crippen LogP contribution in [0.25, 0.3) is 22.4 Å². The largest absolute Gasteiger partial charge is 0.356 e. The fourth-order valence-corrected chi connectivity index (χ4v) is 4.21. The van der Waals surface area contributed by atoms with Gasteiger partial charge in [-0.25, -0.2) is 14.6 Å². The SMILES string of the molecule is Cc1cc(-c2cncnc2[C@@H]2CCCN(C(=O)CCn3nnc4ccccc43)C2)on1. The first-order valence-corrected chi connectivity index (χ1v) is 10.5. The van der Waals surface area contributed by atoms with Crippen LogP contribution < -0.4 is 0 Å². The highest BCUT2D eigenvalue weighted by Gasteiger charge is 2.28. The highest BCUT2D eigenvalue weighted by atomic mass is 16.5. The number of hydrogen-bond acceptors (Lipinski definition) is 7. The maximum Gasteiger partial charge on any atom is 0.224 e. The molecular weight excluding hydrogens is 394 g/mol. The number of likely N-dealkylation sites (tertiary alicyclic amines) is 1. The quantitative estimate of drug-likeness (QED) is 0.492. The van der Waals surface area contributed by atoms with E-state index >= 15 is 0 Å². The fraction of sp³-hybridized carbons (Fsp3) is 0.364. The van der Waals surface area contributed by atoms with E-state index in [0.29, 0.717) is 25.3 Å². The number of rotatable bonds is 5. The molecule has 0 N–H and O–H groups in total. The zero-order chi connectivity index (χ0) is 21.2. The van der Waals surface area contributed by atoms with Crippen molar-refractivity contribution < 1.29 is 9.32 Å². The van der Waals surface area contributed by atoms with Gasteiger partial charge in [-0.05, 0) is 31.9 Å². The summed E-state index contributed by atoms with van der Waals surface area (Å²) in [5.41, 5.74) is 4.35. The maximum absolute atomic E-state index is 13.0. The Morgan fingerprint density at radius 2 is 2.19 bits per heavy atom. The van der Waals surface area contributed by atoms with Gasteiger partial charge in [0.15, 0.2) is 5.76 Å². The van der Waals surface area contributed by atoms with E-state index in [1.165, 1.54) is 0 Å². The number of nitrogens with zero attached hydrogens (tertiary/aromatic N) is 7. The van der Waals surface area contributed by atoms with Gasteiger partial charge in [-0.1, -0.05) is 22.5 Å². The van der Waals surface area contributed by atoms with Crippen molar-refractivity contribution in [2.45, 2.75) is 38.6 Å². The van der Waals surface area contributed by atoms with Gasteiger partial charge in [-0.2, -0.15) is 0 Å². The first-order chi connectivity index (χ1) is 15.2. The highest BCUT2D eigenvalue weighted by molar-refractivity contribution is 5.77. The summed E-state index contributed by atoms with van der Waals surface area (Å²) in [5, 5.41) is 12.3. The molecule has 0 bridgehead atoms. The van der Waals surface area contributed by atoms with E-state index < -0.39 is 0 Å². The molecule has 0 saturated carbocycles. The molecule has 1 aliphatic heterocycles. The molecule has 4 heterocycles. The van der Waals surface area contributed by atoms with Crippen LogP contribution in [0.1, 0.15) is 36.6 Å². The molecule has 1 amide bonds. The first kappa shape index (κ1) is 19.3. The minimum atomic E-state index is 0.121. The lowest BCUT2D eigenvalue weighted by molar-refractivity contribution is -0.132. The summed E-state index contributed by atoms with van der Waals surface area (Å²) in [6.07, 6.45) is 5.60. The van der Waals surface area contributed by atoms with Crippen LogP contribution in [0.4, 0.5) is 0 Å². The molecule has 1 fully saturated rings. The molecule has 9 heteroatoms. The predicted molar refractivity (Wildman–Crippen MR) is 113 cm³/mol. The molecule has 5 rings (SSSR count). The second-order valence-electron chi connectivity index (χ2n) is 7.88. The lowest BCUT2D eigenvalue weighted by atomic mass is 9.91. The number of benzene rings is 1. The third kappa shape index (κ3) is 3.90. The average molecular weight is 417 g/mol. The van der Waals surface area contributed by atoms with Crippen LogP contribution in [-0.2, 0) is 11.3 Å². The van der Waals surface area contributed by atoms with Gasteiger partial charge in [0, 0.05) is 37.7 Å². The smallest absolute Gasteiger partial charge is 0.224 e. The molecule has 0 unspecified atom stereocenters. The van der Waals surface area contributed by atoms with Crippen LogP contribution in [0.5, 0.6) is 0 Å². The van der Waals surface area contributed by atoms with Crippen molar-refractivity contribution in [1.29, 1.82) is 0 Å². The monoisotopic (exact) mass is 417 g/mol. The van der Waals surface area contributed by atoms with Gasteiger partial charge in [0.1, 0.15) is 11.8 Å². The Morgan fingerprint density at radius 1 is 1.29 bits per heavy atom. The normalized spacial score (nSPS) is 16.7. The molecule has 1 atom stereocenters. The molecule has 3 aromatic heterocycles. The van der Waals surface area contributed by atoms with Crippen LogP contribution in [0.2, 0.25) is 0 Å². The minimum absolute atomic E-state index is 0.121. The van der Waals surface area contributed by atoms with Gasteiger partial charge in [0.05, 0.1) is 29.0 Å². The Hall–Kier alpha value is -3.62. The Labute approximate surface area is 179 Å². The van der Waals surface area contributed by atoms with Gasteiger partial charge in [0.25, 0.3) is 0 Å². The zero-order valence-corrected chi connectivity index (χ0v) is 17.3. The van der Waals surface area contributed by atoms with Crippen LogP contribution in [0, 0.1) is 6.92 Å². The standard InChI is InChI=1S/C22H23N7O2/c1-15-11-20(31-26-15)17-12-23-14-24-22(17)16-5-4-9-28(13-16)21(30)8-10-29-19-7-3-2-6-18(19)25-27-29/h2-3,6-7,11-12,14,16H,4-5,8-10,13H2,1H3/t16-/m1/s1. The third-order valence-corrected chi connectivity index (χ3v) is 5.76. The van der Waals surface area contributed by atoms with Crippen LogP contribution in [0.3, 0.4) is 0 Å². The predicted octanol–water partition coefficient (Wildman–Crippen LogP) is 2.98. The lowest BCUT2D eigenvalue weighted by Crippen LogP contribution is -2.39. The summed E-state index contributed by atoms with van der Waals surface area (Å²) >= 11 is 0. The van der Waals surface area contributed by atoms with Gasteiger partial charge in [-0.3, -0.25) is 4.79 Å². The third-order valence-electron chi connectivity index (χ3n) is 5.76. The Bertz CT molecular complexity index is 1220. The Morgan fingerprint density at radius 3 is 3.06 bits per heavy atom. The van der Waals surface area contributed by atoms with Gasteiger partial charge >= 0.3 is 0 Å². The summed E-state index contributed by atoms with van der Waals surface area (Å²) in [5.74, 6) is 0.915. The number of carbonyl (C=O) groups excluding carboxylic acids is 1. The average Bonchev–Trinajstić information content (AvgIpc) is 3.44. The molecule has 0 spiro atoms. The molecule has 1 aliphatic rings. The van der Waals surface area contributed by atoms with Gasteiger partial charge in [0.2, 0.25) is 5.91 Å². The van der Waals surface area contributed by atoms with Gasteiger partial charge in [-0.15, -0.1) is 5.10 Å². The number of hydrogen-bond donors (Lipinski definition) is 0. The molecule has 4 aromatic rings. The zero-order valence-electron chi connectivity index (χ0n) is 17.3. The Balaban J connectivity index is 1.29. The molecule has 0 radical (unpaired) electrons. The molecule has 1 aromatic carbocycles. The van der Waals surface area contributed by atoms with E-state index in [4.69, 9.17) is 4.52 Å². The number of aryl methyl sites for hydroxylation is 2. The molecule has 31 heavy (non-hydrogen) atoms. The second kappa shape index (κ2) is 8.25. The van der Waals surface area contributed by atoms with Crippen molar-refractivity contribution in [3.63, 3.8) is 0 Å². The van der Waals surface area contributed by atoms with Crippen molar-refractivity contribution in [3.05, 3.63) is 54.2 Å². The summed E-state index contributed by atoms with van der Waals surface area (Å²) in [4.78, 5) is 23.6. The van der Waals surface area contributed by atoms with E-state index in [0.717, 1.165) is 47.4 Å². The van der Waals surface area contributed by atoms with E-state index in [9.17, 15) is 4.79 Å². The second-order valence-corrected chi connectivity index (χ2v) is 7.88.